The van der Waals surface area contributed by atoms with E-state index in [0.717, 1.165) is 21.0 Å². The van der Waals surface area contributed by atoms with E-state index in [9.17, 15) is 4.79 Å². The fraction of sp³-hybridized carbons (Fsp3) is 0.150. The van der Waals surface area contributed by atoms with Crippen LogP contribution in [0, 0.1) is 6.92 Å². The SMILES string of the molecule is Cc1c(C(=O)NCCc2nc(-c3ccccc3)no2)oc2cc(Br)ccc12. The highest BCUT2D eigenvalue weighted by molar-refractivity contribution is 9.10. The lowest BCUT2D eigenvalue weighted by Crippen LogP contribution is -2.25. The van der Waals surface area contributed by atoms with E-state index in [1.807, 2.05) is 55.5 Å². The zero-order valence-electron chi connectivity index (χ0n) is 14.5. The molecule has 0 aliphatic carbocycles. The van der Waals surface area contributed by atoms with E-state index >= 15 is 0 Å². The minimum Gasteiger partial charge on any atom is -0.451 e. The number of benzene rings is 2. The van der Waals surface area contributed by atoms with Crippen molar-refractivity contribution in [2.24, 2.45) is 0 Å². The highest BCUT2D eigenvalue weighted by Crippen LogP contribution is 2.27. The molecule has 0 radical (unpaired) electrons. The van der Waals surface area contributed by atoms with E-state index in [1.54, 1.807) is 0 Å². The second kappa shape index (κ2) is 7.36. The third kappa shape index (κ3) is 3.64. The number of amides is 1. The van der Waals surface area contributed by atoms with Crippen LogP contribution in [-0.2, 0) is 6.42 Å². The van der Waals surface area contributed by atoms with Crippen LogP contribution >= 0.6 is 15.9 Å². The summed E-state index contributed by atoms with van der Waals surface area (Å²) in [5.41, 5.74) is 2.39. The zero-order chi connectivity index (χ0) is 18.8. The second-order valence-corrected chi connectivity index (χ2v) is 7.00. The van der Waals surface area contributed by atoms with Crippen LogP contribution in [0.4, 0.5) is 0 Å². The number of rotatable bonds is 5. The minimum atomic E-state index is -0.261. The fourth-order valence-electron chi connectivity index (χ4n) is 2.84. The van der Waals surface area contributed by atoms with Crippen LogP contribution < -0.4 is 5.32 Å². The maximum absolute atomic E-state index is 12.5. The highest BCUT2D eigenvalue weighted by Gasteiger charge is 2.18. The summed E-state index contributed by atoms with van der Waals surface area (Å²) in [6, 6.07) is 15.3. The first kappa shape index (κ1) is 17.5. The van der Waals surface area contributed by atoms with Gasteiger partial charge in [-0.25, -0.2) is 0 Å². The third-order valence-electron chi connectivity index (χ3n) is 4.23. The number of hydrogen-bond acceptors (Lipinski definition) is 5. The lowest BCUT2D eigenvalue weighted by Gasteiger charge is -2.01. The van der Waals surface area contributed by atoms with E-state index in [2.05, 4.69) is 31.4 Å². The number of carbonyl (C=O) groups excluding carboxylic acids is 1. The Hall–Kier alpha value is -2.93. The Morgan fingerprint density at radius 2 is 2.00 bits per heavy atom. The number of carbonyl (C=O) groups is 1. The Morgan fingerprint density at radius 1 is 1.19 bits per heavy atom. The van der Waals surface area contributed by atoms with E-state index in [-0.39, 0.29) is 5.91 Å². The van der Waals surface area contributed by atoms with Crippen LogP contribution in [0.1, 0.15) is 22.0 Å². The largest absolute Gasteiger partial charge is 0.451 e. The van der Waals surface area contributed by atoms with Gasteiger partial charge in [-0.2, -0.15) is 4.98 Å². The molecular weight excluding hydrogens is 410 g/mol. The summed E-state index contributed by atoms with van der Waals surface area (Å²) in [6.45, 7) is 2.24. The average Bonchev–Trinajstić information content (AvgIpc) is 3.27. The molecule has 0 aliphatic rings. The van der Waals surface area contributed by atoms with Crippen LogP contribution in [0.3, 0.4) is 0 Å². The molecule has 7 heteroatoms. The first-order valence-electron chi connectivity index (χ1n) is 8.46. The summed E-state index contributed by atoms with van der Waals surface area (Å²) in [7, 11) is 0. The second-order valence-electron chi connectivity index (χ2n) is 6.08. The van der Waals surface area contributed by atoms with Crippen molar-refractivity contribution in [2.75, 3.05) is 6.54 Å². The van der Waals surface area contributed by atoms with E-state index < -0.39 is 0 Å². The number of nitrogens with zero attached hydrogens (tertiary/aromatic N) is 2. The number of halogens is 1. The van der Waals surface area contributed by atoms with Crippen LogP contribution in [0.2, 0.25) is 0 Å². The predicted molar refractivity (Wildman–Crippen MR) is 104 cm³/mol. The smallest absolute Gasteiger partial charge is 0.287 e. The summed E-state index contributed by atoms with van der Waals surface area (Å²) >= 11 is 3.41. The van der Waals surface area contributed by atoms with Gasteiger partial charge in [0.25, 0.3) is 5.91 Å². The molecule has 4 aromatic rings. The molecule has 6 nitrogen and oxygen atoms in total. The zero-order valence-corrected chi connectivity index (χ0v) is 16.1. The Bertz CT molecular complexity index is 1100. The lowest BCUT2D eigenvalue weighted by atomic mass is 10.1. The first-order chi connectivity index (χ1) is 13.1. The average molecular weight is 426 g/mol. The van der Waals surface area contributed by atoms with E-state index in [0.29, 0.717) is 36.0 Å². The van der Waals surface area contributed by atoms with Gasteiger partial charge in [0.2, 0.25) is 11.7 Å². The van der Waals surface area contributed by atoms with Gasteiger partial charge in [-0.05, 0) is 25.1 Å². The molecule has 0 saturated carbocycles. The molecule has 1 N–H and O–H groups in total. The van der Waals surface area contributed by atoms with Crippen molar-refractivity contribution < 1.29 is 13.7 Å². The lowest BCUT2D eigenvalue weighted by molar-refractivity contribution is 0.0927. The maximum Gasteiger partial charge on any atom is 0.287 e. The molecule has 0 fully saturated rings. The maximum atomic E-state index is 12.5. The summed E-state index contributed by atoms with van der Waals surface area (Å²) < 4.78 is 11.9. The number of aryl methyl sites for hydroxylation is 1. The Morgan fingerprint density at radius 3 is 2.81 bits per heavy atom. The molecule has 0 atom stereocenters. The van der Waals surface area contributed by atoms with Gasteiger partial charge < -0.3 is 14.3 Å². The van der Waals surface area contributed by atoms with Crippen molar-refractivity contribution >= 4 is 32.8 Å². The van der Waals surface area contributed by atoms with Crippen LogP contribution in [0.15, 0.2) is 61.9 Å². The van der Waals surface area contributed by atoms with Crippen molar-refractivity contribution in [3.63, 3.8) is 0 Å². The van der Waals surface area contributed by atoms with Gasteiger partial charge in [0.1, 0.15) is 5.58 Å². The molecule has 4 rings (SSSR count). The molecular formula is C20H16BrN3O3. The summed E-state index contributed by atoms with van der Waals surface area (Å²) in [5, 5.41) is 7.74. The Labute approximate surface area is 163 Å². The van der Waals surface area contributed by atoms with Gasteiger partial charge in [0.05, 0.1) is 0 Å². The number of furan rings is 1. The number of hydrogen-bond donors (Lipinski definition) is 1. The van der Waals surface area contributed by atoms with Gasteiger partial charge in [-0.15, -0.1) is 0 Å². The number of nitrogens with one attached hydrogen (secondary N) is 1. The molecule has 0 bridgehead atoms. The van der Waals surface area contributed by atoms with Crippen LogP contribution in [-0.4, -0.2) is 22.6 Å². The van der Waals surface area contributed by atoms with Crippen LogP contribution in [0.25, 0.3) is 22.4 Å². The molecule has 27 heavy (non-hydrogen) atoms. The van der Waals surface area contributed by atoms with Crippen molar-refractivity contribution in [1.82, 2.24) is 15.5 Å². The van der Waals surface area contributed by atoms with E-state index in [1.165, 1.54) is 0 Å². The van der Waals surface area contributed by atoms with Crippen molar-refractivity contribution in [3.05, 3.63) is 70.2 Å². The van der Waals surface area contributed by atoms with Gasteiger partial charge in [-0.3, -0.25) is 4.79 Å². The molecule has 136 valence electrons. The monoisotopic (exact) mass is 425 g/mol. The number of aromatic nitrogens is 2. The quantitative estimate of drug-likeness (QED) is 0.507. The summed E-state index contributed by atoms with van der Waals surface area (Å²) in [6.07, 6.45) is 0.441. The Balaban J connectivity index is 1.40. The normalized spacial score (nSPS) is 11.0. The molecule has 2 aromatic carbocycles. The topological polar surface area (TPSA) is 81.2 Å². The molecule has 0 aliphatic heterocycles. The third-order valence-corrected chi connectivity index (χ3v) is 4.72. The first-order valence-corrected chi connectivity index (χ1v) is 9.26. The molecule has 2 aromatic heterocycles. The van der Waals surface area contributed by atoms with Gasteiger partial charge >= 0.3 is 0 Å². The van der Waals surface area contributed by atoms with Crippen molar-refractivity contribution in [2.45, 2.75) is 13.3 Å². The standard InChI is InChI=1S/C20H16BrN3O3/c1-12-15-8-7-14(21)11-16(15)26-18(12)20(25)22-10-9-17-23-19(24-27-17)13-5-3-2-4-6-13/h2-8,11H,9-10H2,1H3,(H,22,25). The fourth-order valence-corrected chi connectivity index (χ4v) is 3.18. The van der Waals surface area contributed by atoms with Gasteiger partial charge in [-0.1, -0.05) is 51.4 Å². The molecule has 2 heterocycles. The van der Waals surface area contributed by atoms with Crippen molar-refractivity contribution in [3.8, 4) is 11.4 Å². The van der Waals surface area contributed by atoms with Gasteiger partial charge in [0, 0.05) is 34.0 Å². The highest BCUT2D eigenvalue weighted by atomic mass is 79.9. The van der Waals surface area contributed by atoms with E-state index in [4.69, 9.17) is 8.94 Å². The van der Waals surface area contributed by atoms with Gasteiger partial charge in [0.15, 0.2) is 5.76 Å². The molecule has 0 unspecified atom stereocenters. The predicted octanol–water partition coefficient (Wildman–Crippen LogP) is 4.53. The molecule has 0 saturated heterocycles. The summed E-state index contributed by atoms with van der Waals surface area (Å²) in [4.78, 5) is 16.8. The van der Waals surface area contributed by atoms with Crippen LogP contribution in [0.5, 0.6) is 0 Å². The minimum absolute atomic E-state index is 0.261. The molecule has 1 amide bonds. The number of fused-ring (bicyclic) bond motifs is 1. The molecule has 0 spiro atoms. The summed E-state index contributed by atoms with van der Waals surface area (Å²) in [5.74, 6) is 1.07. The van der Waals surface area contributed by atoms with Crippen molar-refractivity contribution in [1.29, 1.82) is 0 Å². The Kier molecular flexibility index (Phi) is 4.77.